The molecule has 10 heteroatoms. The first-order chi connectivity index (χ1) is 18.0. The Morgan fingerprint density at radius 2 is 1.92 bits per heavy atom. The highest BCUT2D eigenvalue weighted by Gasteiger charge is 2.65. The van der Waals surface area contributed by atoms with Crippen molar-refractivity contribution in [3.8, 4) is 5.75 Å². The highest BCUT2D eigenvalue weighted by Crippen LogP contribution is 2.51. The number of rotatable bonds is 6. The van der Waals surface area contributed by atoms with E-state index in [1.54, 1.807) is 44.2 Å². The summed E-state index contributed by atoms with van der Waals surface area (Å²) in [6.07, 6.45) is 1.72. The largest absolute Gasteiger partial charge is 0.480 e. The van der Waals surface area contributed by atoms with Crippen molar-refractivity contribution in [1.82, 2.24) is 9.88 Å². The molecule has 2 aliphatic rings. The van der Waals surface area contributed by atoms with Gasteiger partial charge in [-0.25, -0.2) is 9.78 Å². The number of pyridine rings is 1. The molecule has 0 bridgehead atoms. The average molecular weight is 525 g/mol. The first kappa shape index (κ1) is 27.3. The zero-order chi connectivity index (χ0) is 27.8. The third-order valence-electron chi connectivity index (χ3n) is 7.41. The van der Waals surface area contributed by atoms with Crippen LogP contribution in [0.15, 0.2) is 42.6 Å². The number of para-hydroxylation sites is 1. The Morgan fingerprint density at radius 3 is 2.55 bits per heavy atom. The van der Waals surface area contributed by atoms with Gasteiger partial charge in [0.15, 0.2) is 6.10 Å². The number of carbonyl (C=O) groups excluding carboxylic acids is 2. The third kappa shape index (κ3) is 4.91. The van der Waals surface area contributed by atoms with Gasteiger partial charge in [-0.05, 0) is 42.9 Å². The highest BCUT2D eigenvalue weighted by molar-refractivity contribution is 5.89. The number of carbonyl (C=O) groups is 2. The number of esters is 1. The second kappa shape index (κ2) is 10.6. The summed E-state index contributed by atoms with van der Waals surface area (Å²) < 4.78 is 11.6. The minimum absolute atomic E-state index is 0.0885. The van der Waals surface area contributed by atoms with Gasteiger partial charge in [0.05, 0.1) is 12.5 Å². The molecule has 1 amide bonds. The second-order valence-corrected chi connectivity index (χ2v) is 11.1. The predicted molar refractivity (Wildman–Crippen MR) is 141 cm³/mol. The summed E-state index contributed by atoms with van der Waals surface area (Å²) in [6.45, 7) is 7.34. The first-order valence-corrected chi connectivity index (χ1v) is 13.0. The number of aryl methyl sites for hydroxylation is 1. The van der Waals surface area contributed by atoms with Gasteiger partial charge >= 0.3 is 5.97 Å². The van der Waals surface area contributed by atoms with E-state index in [0.29, 0.717) is 30.0 Å². The molecule has 38 heavy (non-hydrogen) atoms. The average Bonchev–Trinajstić information content (AvgIpc) is 3.25. The van der Waals surface area contributed by atoms with E-state index in [4.69, 9.17) is 9.47 Å². The van der Waals surface area contributed by atoms with Gasteiger partial charge < -0.3 is 19.3 Å². The molecule has 204 valence electrons. The fourth-order valence-electron chi connectivity index (χ4n) is 5.90. The van der Waals surface area contributed by atoms with E-state index < -0.39 is 47.4 Å². The summed E-state index contributed by atoms with van der Waals surface area (Å²) >= 11 is 0. The van der Waals surface area contributed by atoms with E-state index in [1.165, 1.54) is 4.90 Å². The summed E-state index contributed by atoms with van der Waals surface area (Å²) in [5, 5.41) is 12.8. The molecule has 3 heterocycles. The lowest BCUT2D eigenvalue weighted by atomic mass is 9.73. The van der Waals surface area contributed by atoms with Gasteiger partial charge in [-0.1, -0.05) is 45.0 Å². The molecule has 0 aliphatic carbocycles. The van der Waals surface area contributed by atoms with E-state index in [1.807, 2.05) is 45.0 Å². The van der Waals surface area contributed by atoms with Crippen molar-refractivity contribution in [3.05, 3.63) is 63.8 Å². The minimum Gasteiger partial charge on any atom is -0.480 e. The number of ether oxygens (including phenoxy) is 2. The molecule has 1 fully saturated rings. The number of hydrogen-bond donors (Lipinski definition) is 0. The third-order valence-corrected chi connectivity index (χ3v) is 7.41. The Morgan fingerprint density at radius 1 is 1.21 bits per heavy atom. The number of aromatic nitrogens is 1. The van der Waals surface area contributed by atoms with Crippen LogP contribution in [0.4, 0.5) is 5.82 Å². The van der Waals surface area contributed by atoms with Gasteiger partial charge in [0.2, 0.25) is 6.04 Å². The van der Waals surface area contributed by atoms with Crippen LogP contribution in [0.1, 0.15) is 51.3 Å². The van der Waals surface area contributed by atoms with Crippen LogP contribution in [0, 0.1) is 21.4 Å². The molecular weight excluding hydrogens is 488 g/mol. The Bertz CT molecular complexity index is 1210. The molecule has 2 aliphatic heterocycles. The predicted octanol–water partition coefficient (Wildman–Crippen LogP) is 3.66. The molecule has 0 N–H and O–H groups in total. The molecule has 1 aromatic carbocycles. The van der Waals surface area contributed by atoms with E-state index >= 15 is 0 Å². The second-order valence-electron chi connectivity index (χ2n) is 11.1. The van der Waals surface area contributed by atoms with Crippen LogP contribution in [0.3, 0.4) is 0 Å². The van der Waals surface area contributed by atoms with Crippen LogP contribution in [-0.4, -0.2) is 65.6 Å². The summed E-state index contributed by atoms with van der Waals surface area (Å²) in [6, 6.07) is 7.46. The minimum atomic E-state index is -1.27. The van der Waals surface area contributed by atoms with Gasteiger partial charge in [0.1, 0.15) is 23.7 Å². The lowest BCUT2D eigenvalue weighted by molar-refractivity contribution is -0.536. The van der Waals surface area contributed by atoms with E-state index in [-0.39, 0.29) is 11.5 Å². The van der Waals surface area contributed by atoms with Gasteiger partial charge in [-0.15, -0.1) is 0 Å². The summed E-state index contributed by atoms with van der Waals surface area (Å²) in [7, 11) is 3.58. The summed E-state index contributed by atoms with van der Waals surface area (Å²) in [5.41, 5.74) is 0.794. The number of anilines is 1. The van der Waals surface area contributed by atoms with Gasteiger partial charge in [-0.2, -0.15) is 0 Å². The topological polar surface area (TPSA) is 115 Å². The molecule has 4 rings (SSSR count). The van der Waals surface area contributed by atoms with Crippen LogP contribution in [0.5, 0.6) is 5.75 Å². The zero-order valence-corrected chi connectivity index (χ0v) is 22.8. The Balaban J connectivity index is 1.91. The van der Waals surface area contributed by atoms with Crippen molar-refractivity contribution in [2.45, 2.75) is 64.8 Å². The standard InChI is InChI=1S/C28H36N4O6/c1-7-37-27(34)24-21(28(2,3)4)23(32(35)36)22(18-12-10-16-29-25(18)30(5)6)31(24)26(33)20-15-14-17-11-8-9-13-19(17)38-20/h8-13,16,20-24H,7,14-15H2,1-6H3/t20?,21-,22-,23-,24-/m0/s1. The van der Waals surface area contributed by atoms with Crippen molar-refractivity contribution < 1.29 is 24.0 Å². The number of fused-ring (bicyclic) bond motifs is 1. The molecule has 0 spiro atoms. The van der Waals surface area contributed by atoms with Crippen molar-refractivity contribution >= 4 is 17.7 Å². The number of likely N-dealkylation sites (tertiary alicyclic amines) is 1. The molecule has 2 aromatic rings. The zero-order valence-electron chi connectivity index (χ0n) is 22.8. The van der Waals surface area contributed by atoms with E-state index in [2.05, 4.69) is 4.98 Å². The maximum Gasteiger partial charge on any atom is 0.329 e. The van der Waals surface area contributed by atoms with Crippen molar-refractivity contribution in [3.63, 3.8) is 0 Å². The maximum atomic E-state index is 14.4. The molecule has 0 saturated carbocycles. The quantitative estimate of drug-likeness (QED) is 0.319. The monoisotopic (exact) mass is 524 g/mol. The van der Waals surface area contributed by atoms with E-state index in [0.717, 1.165) is 5.56 Å². The molecular formula is C28H36N4O6. The SMILES string of the molecule is CCOC(=O)[C@@H]1[C@@H](C(C)(C)C)[C@H]([N+](=O)[O-])[C@H](c2cccnc2N(C)C)N1C(=O)C1CCc2ccccc2O1. The molecule has 1 aromatic heterocycles. The fraction of sp³-hybridized carbons (Fsp3) is 0.536. The van der Waals surface area contributed by atoms with E-state index in [9.17, 15) is 19.7 Å². The molecule has 5 atom stereocenters. The van der Waals surface area contributed by atoms with Crippen LogP contribution in [0.25, 0.3) is 0 Å². The number of hydrogen-bond acceptors (Lipinski definition) is 8. The summed E-state index contributed by atoms with van der Waals surface area (Å²) in [4.78, 5) is 48.0. The van der Waals surface area contributed by atoms with Crippen molar-refractivity contribution in [2.24, 2.45) is 11.3 Å². The summed E-state index contributed by atoms with van der Waals surface area (Å²) in [5.74, 6) is -0.837. The number of nitrogens with zero attached hydrogens (tertiary/aromatic N) is 4. The smallest absolute Gasteiger partial charge is 0.329 e. The van der Waals surface area contributed by atoms with Crippen molar-refractivity contribution in [2.75, 3.05) is 25.6 Å². The normalized spacial score (nSPS) is 24.8. The Labute approximate surface area is 223 Å². The lowest BCUT2D eigenvalue weighted by Crippen LogP contribution is -2.52. The molecule has 0 radical (unpaired) electrons. The molecule has 10 nitrogen and oxygen atoms in total. The molecule has 1 unspecified atom stereocenters. The first-order valence-electron chi connectivity index (χ1n) is 13.0. The maximum absolute atomic E-state index is 14.4. The number of nitro groups is 1. The Hall–Kier alpha value is -3.69. The highest BCUT2D eigenvalue weighted by atomic mass is 16.6. The van der Waals surface area contributed by atoms with Gasteiger partial charge in [0.25, 0.3) is 5.91 Å². The fourth-order valence-corrected chi connectivity index (χ4v) is 5.90. The van der Waals surface area contributed by atoms with Crippen LogP contribution in [0.2, 0.25) is 0 Å². The lowest BCUT2D eigenvalue weighted by Gasteiger charge is -2.36. The number of benzene rings is 1. The van der Waals surface area contributed by atoms with Crippen LogP contribution < -0.4 is 9.64 Å². The van der Waals surface area contributed by atoms with Crippen molar-refractivity contribution in [1.29, 1.82) is 0 Å². The molecule has 1 saturated heterocycles. The van der Waals surface area contributed by atoms with Crippen LogP contribution >= 0.6 is 0 Å². The van der Waals surface area contributed by atoms with Gasteiger partial charge in [0, 0.05) is 30.8 Å². The van der Waals surface area contributed by atoms with Gasteiger partial charge in [-0.3, -0.25) is 14.9 Å². The van der Waals surface area contributed by atoms with Crippen LogP contribution in [-0.2, 0) is 20.7 Å². The number of amides is 1. The Kier molecular flexibility index (Phi) is 7.62.